The SMILES string of the molecule is CC(=O)N[C@@H]1[C@@H](OC(C)=O)[C@H](OC(C)=O)[C@@H](COC(C)=O)O[C@H]1SCCCCCC(=O)Oc1ccc([N+](=O)[O-])cc1. The Morgan fingerprint density at radius 2 is 1.56 bits per heavy atom. The van der Waals surface area contributed by atoms with Crippen LogP contribution in [0.25, 0.3) is 0 Å². The minimum Gasteiger partial charge on any atom is -0.463 e. The van der Waals surface area contributed by atoms with Crippen LogP contribution in [0.2, 0.25) is 0 Å². The molecule has 1 aliphatic rings. The molecule has 0 aromatic heterocycles. The van der Waals surface area contributed by atoms with E-state index in [1.54, 1.807) is 0 Å². The van der Waals surface area contributed by atoms with Gasteiger partial charge >= 0.3 is 23.9 Å². The second-order valence-corrected chi connectivity index (χ2v) is 10.3. The van der Waals surface area contributed by atoms with Crippen LogP contribution in [-0.4, -0.2) is 76.9 Å². The Bertz CT molecular complexity index is 1100. The number of nitrogens with one attached hydrogen (secondary N) is 1. The van der Waals surface area contributed by atoms with Gasteiger partial charge in [0.05, 0.1) is 4.92 Å². The van der Waals surface area contributed by atoms with E-state index in [9.17, 15) is 34.1 Å². The summed E-state index contributed by atoms with van der Waals surface area (Å²) in [4.78, 5) is 69.5. The molecule has 226 valence electrons. The summed E-state index contributed by atoms with van der Waals surface area (Å²) in [6.07, 6.45) is -1.26. The number of amides is 1. The van der Waals surface area contributed by atoms with Crippen molar-refractivity contribution in [1.29, 1.82) is 0 Å². The second-order valence-electron chi connectivity index (χ2n) is 9.13. The van der Waals surface area contributed by atoms with E-state index in [1.165, 1.54) is 63.7 Å². The minimum atomic E-state index is -1.15. The predicted molar refractivity (Wildman–Crippen MR) is 144 cm³/mol. The smallest absolute Gasteiger partial charge is 0.311 e. The van der Waals surface area contributed by atoms with Gasteiger partial charge in [-0.15, -0.1) is 11.8 Å². The number of benzene rings is 1. The van der Waals surface area contributed by atoms with Gasteiger partial charge in [-0.1, -0.05) is 6.42 Å². The fourth-order valence-corrected chi connectivity index (χ4v) is 5.25. The van der Waals surface area contributed by atoms with Crippen LogP contribution < -0.4 is 10.1 Å². The quantitative estimate of drug-likeness (QED) is 0.0822. The predicted octanol–water partition coefficient (Wildman–Crippen LogP) is 2.45. The van der Waals surface area contributed by atoms with Crippen molar-refractivity contribution in [3.63, 3.8) is 0 Å². The second kappa shape index (κ2) is 16.5. The summed E-state index contributed by atoms with van der Waals surface area (Å²) >= 11 is 1.32. The number of nitro groups is 1. The van der Waals surface area contributed by atoms with Gasteiger partial charge < -0.3 is 29.0 Å². The highest BCUT2D eigenvalue weighted by Crippen LogP contribution is 2.33. The Hall–Kier alpha value is -3.72. The van der Waals surface area contributed by atoms with Crippen LogP contribution in [-0.2, 0) is 42.9 Å². The standard InChI is InChI=1S/C26H34N2O12S/c1-15(29)27-23-25(38-18(4)32)24(37-17(3)31)21(14-36-16(2)30)40-26(23)41-13-7-5-6-8-22(33)39-20-11-9-19(10-12-20)28(34)35/h9-12,21,23-26H,5-8,13-14H2,1-4H3,(H,27,29)/t21-,23-,24-,25-,26+/m1/s1. The molecule has 0 spiro atoms. The van der Waals surface area contributed by atoms with Crippen molar-refractivity contribution in [2.45, 2.75) is 83.2 Å². The first-order valence-electron chi connectivity index (χ1n) is 12.8. The van der Waals surface area contributed by atoms with E-state index in [2.05, 4.69) is 5.32 Å². The van der Waals surface area contributed by atoms with Crippen LogP contribution in [0.15, 0.2) is 24.3 Å². The maximum Gasteiger partial charge on any atom is 0.311 e. The average molecular weight is 599 g/mol. The van der Waals surface area contributed by atoms with E-state index in [0.29, 0.717) is 25.0 Å². The van der Waals surface area contributed by atoms with E-state index in [1.807, 2.05) is 0 Å². The molecule has 1 fully saturated rings. The molecule has 1 heterocycles. The highest BCUT2D eigenvalue weighted by Gasteiger charge is 2.50. The fraction of sp³-hybridized carbons (Fsp3) is 0.577. The summed E-state index contributed by atoms with van der Waals surface area (Å²) in [5.41, 5.74) is -0.855. The molecule has 0 aliphatic carbocycles. The van der Waals surface area contributed by atoms with Gasteiger partial charge in [0.1, 0.15) is 29.9 Å². The summed E-state index contributed by atoms with van der Waals surface area (Å²) < 4.78 is 27.2. The average Bonchev–Trinajstić information content (AvgIpc) is 2.87. The Morgan fingerprint density at radius 3 is 2.12 bits per heavy atom. The molecular weight excluding hydrogens is 564 g/mol. The van der Waals surface area contributed by atoms with Gasteiger partial charge in [-0.25, -0.2) is 0 Å². The first-order chi connectivity index (χ1) is 19.4. The normalized spacial score (nSPS) is 21.7. The van der Waals surface area contributed by atoms with Crippen molar-refractivity contribution in [1.82, 2.24) is 5.32 Å². The molecule has 0 saturated carbocycles. The number of non-ortho nitro benzene ring substituents is 1. The lowest BCUT2D eigenvalue weighted by Gasteiger charge is -2.45. The molecule has 0 radical (unpaired) electrons. The van der Waals surface area contributed by atoms with Crippen molar-refractivity contribution in [2.24, 2.45) is 0 Å². The van der Waals surface area contributed by atoms with Crippen LogP contribution >= 0.6 is 11.8 Å². The zero-order valence-electron chi connectivity index (χ0n) is 23.2. The molecule has 1 N–H and O–H groups in total. The van der Waals surface area contributed by atoms with Crippen LogP contribution in [0.5, 0.6) is 5.75 Å². The molecule has 14 nitrogen and oxygen atoms in total. The summed E-state index contributed by atoms with van der Waals surface area (Å²) in [5.74, 6) is -2.08. The lowest BCUT2D eigenvalue weighted by Crippen LogP contribution is -2.65. The van der Waals surface area contributed by atoms with Crippen LogP contribution in [0.4, 0.5) is 5.69 Å². The topological polar surface area (TPSA) is 187 Å². The molecule has 1 saturated heterocycles. The largest absolute Gasteiger partial charge is 0.463 e. The number of nitro benzene ring substituents is 1. The summed E-state index contributed by atoms with van der Waals surface area (Å²) in [6, 6.07) is 4.33. The number of esters is 4. The van der Waals surface area contributed by atoms with Gasteiger partial charge in [-0.2, -0.15) is 0 Å². The highest BCUT2D eigenvalue weighted by molar-refractivity contribution is 7.99. The van der Waals surface area contributed by atoms with Crippen molar-refractivity contribution < 1.29 is 52.6 Å². The fourth-order valence-electron chi connectivity index (χ4n) is 4.00. The van der Waals surface area contributed by atoms with Gasteiger partial charge in [0.15, 0.2) is 12.2 Å². The molecule has 5 atom stereocenters. The van der Waals surface area contributed by atoms with Crippen molar-refractivity contribution >= 4 is 47.2 Å². The molecule has 0 bridgehead atoms. The lowest BCUT2D eigenvalue weighted by atomic mass is 9.97. The number of carbonyl (C=O) groups is 5. The number of rotatable bonds is 14. The molecule has 41 heavy (non-hydrogen) atoms. The van der Waals surface area contributed by atoms with Crippen LogP contribution in [0, 0.1) is 10.1 Å². The van der Waals surface area contributed by atoms with E-state index in [0.717, 1.165) is 0 Å². The molecule has 0 unspecified atom stereocenters. The third-order valence-corrected chi connectivity index (χ3v) is 6.92. The number of hydrogen-bond acceptors (Lipinski definition) is 13. The van der Waals surface area contributed by atoms with Gasteiger partial charge in [0, 0.05) is 46.2 Å². The zero-order valence-corrected chi connectivity index (χ0v) is 24.0. The molecule has 2 rings (SSSR count). The first kappa shape index (κ1) is 33.5. The Balaban J connectivity index is 1.97. The number of unbranched alkanes of at least 4 members (excludes halogenated alkanes) is 2. The Kier molecular flexibility index (Phi) is 13.5. The van der Waals surface area contributed by atoms with Crippen molar-refractivity contribution in [2.75, 3.05) is 12.4 Å². The molecule has 1 aromatic carbocycles. The van der Waals surface area contributed by atoms with E-state index >= 15 is 0 Å². The minimum absolute atomic E-state index is 0.108. The number of ether oxygens (including phenoxy) is 5. The summed E-state index contributed by atoms with van der Waals surface area (Å²) in [7, 11) is 0. The number of hydrogen-bond donors (Lipinski definition) is 1. The number of carbonyl (C=O) groups excluding carboxylic acids is 5. The van der Waals surface area contributed by atoms with Crippen molar-refractivity contribution in [3.8, 4) is 5.75 Å². The van der Waals surface area contributed by atoms with Crippen LogP contribution in [0.3, 0.4) is 0 Å². The maximum absolute atomic E-state index is 12.1. The van der Waals surface area contributed by atoms with E-state index in [-0.39, 0.29) is 24.5 Å². The van der Waals surface area contributed by atoms with Gasteiger partial charge in [0.25, 0.3) is 5.69 Å². The Morgan fingerprint density at radius 1 is 0.927 bits per heavy atom. The van der Waals surface area contributed by atoms with Gasteiger partial charge in [-0.05, 0) is 30.7 Å². The Labute approximate surface area is 240 Å². The highest BCUT2D eigenvalue weighted by atomic mass is 32.2. The number of nitrogens with zero attached hydrogens (tertiary/aromatic N) is 1. The third-order valence-electron chi connectivity index (χ3n) is 5.66. The van der Waals surface area contributed by atoms with Gasteiger partial charge in [-0.3, -0.25) is 34.1 Å². The molecule has 15 heteroatoms. The zero-order chi connectivity index (χ0) is 30.5. The van der Waals surface area contributed by atoms with E-state index < -0.39 is 64.5 Å². The molecule has 1 aliphatic heterocycles. The summed E-state index contributed by atoms with van der Waals surface area (Å²) in [6.45, 7) is 4.58. The molecule has 1 amide bonds. The molecular formula is C26H34N2O12S. The summed E-state index contributed by atoms with van der Waals surface area (Å²) in [5, 5.41) is 13.4. The van der Waals surface area contributed by atoms with Crippen molar-refractivity contribution in [3.05, 3.63) is 34.4 Å². The molecule has 1 aromatic rings. The maximum atomic E-state index is 12.1. The number of thioether (sulfide) groups is 1. The van der Waals surface area contributed by atoms with E-state index in [4.69, 9.17) is 23.7 Å². The third kappa shape index (κ3) is 11.7. The first-order valence-corrected chi connectivity index (χ1v) is 13.9. The monoisotopic (exact) mass is 598 g/mol. The lowest BCUT2D eigenvalue weighted by molar-refractivity contribution is -0.384. The van der Waals surface area contributed by atoms with Gasteiger partial charge in [0.2, 0.25) is 5.91 Å². The van der Waals surface area contributed by atoms with Crippen LogP contribution in [0.1, 0.15) is 53.4 Å².